The topological polar surface area (TPSA) is 46.1 Å². The molecule has 1 unspecified atom stereocenters. The van der Waals surface area contributed by atoms with Gasteiger partial charge in [0.1, 0.15) is 10.4 Å². The summed E-state index contributed by atoms with van der Waals surface area (Å²) in [6, 6.07) is 7.52. The zero-order chi connectivity index (χ0) is 17.2. The molecule has 0 spiro atoms. The standard InChI is InChI=1S/C14H13Cl4N3OS/c1-8-5-3-4-6-10(8)21(12(22)9(2)15)7-11-19-20-13(23-11)14(16,17)18/h3-6,9H,7H2,1-2H3. The van der Waals surface area contributed by atoms with Crippen LogP contribution >= 0.6 is 57.7 Å². The molecular weight excluding hydrogens is 400 g/mol. The third kappa shape index (κ3) is 4.70. The Morgan fingerprint density at radius 3 is 2.48 bits per heavy atom. The number of benzene rings is 1. The lowest BCUT2D eigenvalue weighted by Crippen LogP contribution is -2.35. The number of amides is 1. The summed E-state index contributed by atoms with van der Waals surface area (Å²) in [5, 5.41) is 8.00. The summed E-state index contributed by atoms with van der Waals surface area (Å²) in [6.45, 7) is 3.75. The van der Waals surface area contributed by atoms with Gasteiger partial charge in [-0.1, -0.05) is 64.3 Å². The van der Waals surface area contributed by atoms with Gasteiger partial charge in [0, 0.05) is 5.69 Å². The lowest BCUT2D eigenvalue weighted by molar-refractivity contribution is -0.118. The van der Waals surface area contributed by atoms with Crippen molar-refractivity contribution in [2.24, 2.45) is 0 Å². The second kappa shape index (κ2) is 7.53. The molecule has 1 amide bonds. The minimum atomic E-state index is -1.63. The van der Waals surface area contributed by atoms with Crippen LogP contribution in [0, 0.1) is 6.92 Å². The average Bonchev–Trinajstić information content (AvgIpc) is 2.93. The van der Waals surface area contributed by atoms with Crippen LogP contribution in [0.1, 0.15) is 22.5 Å². The largest absolute Gasteiger partial charge is 0.304 e. The van der Waals surface area contributed by atoms with Crippen molar-refractivity contribution in [2.45, 2.75) is 29.6 Å². The van der Waals surface area contributed by atoms with E-state index in [1.54, 1.807) is 11.8 Å². The summed E-state index contributed by atoms with van der Waals surface area (Å²) in [7, 11) is 0. The number of hydrogen-bond donors (Lipinski definition) is 0. The van der Waals surface area contributed by atoms with E-state index in [4.69, 9.17) is 46.4 Å². The third-order valence-electron chi connectivity index (χ3n) is 3.02. The van der Waals surface area contributed by atoms with Crippen LogP contribution in [0.4, 0.5) is 5.69 Å². The molecule has 4 nitrogen and oxygen atoms in total. The Bertz CT molecular complexity index is 699. The lowest BCUT2D eigenvalue weighted by atomic mass is 10.1. The molecule has 0 fully saturated rings. The maximum Gasteiger partial charge on any atom is 0.245 e. The molecule has 0 radical (unpaired) electrons. The van der Waals surface area contributed by atoms with E-state index in [0.717, 1.165) is 22.6 Å². The van der Waals surface area contributed by atoms with Gasteiger partial charge in [0.2, 0.25) is 9.70 Å². The van der Waals surface area contributed by atoms with Crippen molar-refractivity contribution < 1.29 is 4.79 Å². The number of anilines is 1. The molecule has 9 heteroatoms. The predicted octanol–water partition coefficient (Wildman–Crippen LogP) is 4.83. The highest BCUT2D eigenvalue weighted by Crippen LogP contribution is 2.39. The molecule has 124 valence electrons. The van der Waals surface area contributed by atoms with E-state index in [0.29, 0.717) is 5.01 Å². The molecular formula is C14H13Cl4N3OS. The number of carbonyl (C=O) groups is 1. The first-order valence-electron chi connectivity index (χ1n) is 6.61. The molecule has 0 aliphatic rings. The van der Waals surface area contributed by atoms with Crippen molar-refractivity contribution >= 4 is 69.3 Å². The van der Waals surface area contributed by atoms with Gasteiger partial charge in [-0.15, -0.1) is 21.8 Å². The van der Waals surface area contributed by atoms with Gasteiger partial charge in [-0.2, -0.15) is 0 Å². The van der Waals surface area contributed by atoms with Crippen LogP contribution in [-0.4, -0.2) is 21.5 Å². The Labute approximate surface area is 158 Å². The van der Waals surface area contributed by atoms with Crippen molar-refractivity contribution in [3.63, 3.8) is 0 Å². The van der Waals surface area contributed by atoms with Crippen molar-refractivity contribution in [3.8, 4) is 0 Å². The van der Waals surface area contributed by atoms with Gasteiger partial charge in [0.15, 0.2) is 5.01 Å². The van der Waals surface area contributed by atoms with Gasteiger partial charge < -0.3 is 4.90 Å². The first-order chi connectivity index (χ1) is 10.7. The number of nitrogens with zero attached hydrogens (tertiary/aromatic N) is 3. The molecule has 1 heterocycles. The number of aromatic nitrogens is 2. The lowest BCUT2D eigenvalue weighted by Gasteiger charge is -2.24. The average molecular weight is 413 g/mol. The Hall–Kier alpha value is -0.590. The van der Waals surface area contributed by atoms with Crippen molar-refractivity contribution in [2.75, 3.05) is 4.90 Å². The van der Waals surface area contributed by atoms with Gasteiger partial charge in [-0.05, 0) is 25.5 Å². The fourth-order valence-corrected chi connectivity index (χ4v) is 3.20. The summed E-state index contributed by atoms with van der Waals surface area (Å²) < 4.78 is -1.63. The molecule has 1 aromatic heterocycles. The summed E-state index contributed by atoms with van der Waals surface area (Å²) in [6.07, 6.45) is 0. The number of aryl methyl sites for hydroxylation is 1. The molecule has 2 rings (SSSR count). The quantitative estimate of drug-likeness (QED) is 0.675. The summed E-state index contributed by atoms with van der Waals surface area (Å²) in [5.41, 5.74) is 1.71. The minimum absolute atomic E-state index is 0.208. The van der Waals surface area contributed by atoms with Gasteiger partial charge in [-0.25, -0.2) is 0 Å². The van der Waals surface area contributed by atoms with E-state index < -0.39 is 9.17 Å². The van der Waals surface area contributed by atoms with Crippen LogP contribution in [0.3, 0.4) is 0 Å². The summed E-state index contributed by atoms with van der Waals surface area (Å²) >= 11 is 24.5. The zero-order valence-corrected chi connectivity index (χ0v) is 16.1. The Balaban J connectivity index is 2.34. The molecule has 0 N–H and O–H groups in total. The SMILES string of the molecule is Cc1ccccc1N(Cc1nnc(C(Cl)(Cl)Cl)s1)C(=O)C(C)Cl. The predicted molar refractivity (Wildman–Crippen MR) is 96.8 cm³/mol. The van der Waals surface area contributed by atoms with E-state index in [9.17, 15) is 4.79 Å². The minimum Gasteiger partial charge on any atom is -0.304 e. The molecule has 0 aliphatic heterocycles. The molecule has 1 aromatic carbocycles. The van der Waals surface area contributed by atoms with Gasteiger partial charge >= 0.3 is 0 Å². The zero-order valence-electron chi connectivity index (χ0n) is 12.3. The highest BCUT2D eigenvalue weighted by Gasteiger charge is 2.29. The second-order valence-electron chi connectivity index (χ2n) is 4.83. The van der Waals surface area contributed by atoms with Crippen LogP contribution in [0.25, 0.3) is 0 Å². The molecule has 0 saturated heterocycles. The maximum absolute atomic E-state index is 12.5. The molecule has 1 atom stereocenters. The van der Waals surface area contributed by atoms with Crippen LogP contribution in [0.5, 0.6) is 0 Å². The molecule has 2 aromatic rings. The number of rotatable bonds is 4. The fourth-order valence-electron chi connectivity index (χ4n) is 1.93. The van der Waals surface area contributed by atoms with E-state index in [1.807, 2.05) is 31.2 Å². The smallest absolute Gasteiger partial charge is 0.245 e. The number of para-hydroxylation sites is 1. The van der Waals surface area contributed by atoms with Gasteiger partial charge in [0.05, 0.1) is 6.54 Å². The number of carbonyl (C=O) groups excluding carboxylic acids is 1. The van der Waals surface area contributed by atoms with Crippen LogP contribution < -0.4 is 4.90 Å². The normalized spacial score (nSPS) is 13.0. The Morgan fingerprint density at radius 2 is 1.96 bits per heavy atom. The molecule has 0 saturated carbocycles. The first kappa shape index (κ1) is 18.7. The maximum atomic E-state index is 12.5. The molecule has 23 heavy (non-hydrogen) atoms. The van der Waals surface area contributed by atoms with Crippen molar-refractivity contribution in [1.29, 1.82) is 0 Å². The number of halogens is 4. The summed E-state index contributed by atoms with van der Waals surface area (Å²) in [4.78, 5) is 14.0. The first-order valence-corrected chi connectivity index (χ1v) is 8.99. The van der Waals surface area contributed by atoms with E-state index in [1.165, 1.54) is 0 Å². The Morgan fingerprint density at radius 1 is 1.30 bits per heavy atom. The monoisotopic (exact) mass is 411 g/mol. The second-order valence-corrected chi connectivity index (χ2v) is 8.82. The summed E-state index contributed by atoms with van der Waals surface area (Å²) in [5.74, 6) is -0.230. The number of alkyl halides is 4. The Kier molecular flexibility index (Phi) is 6.14. The highest BCUT2D eigenvalue weighted by atomic mass is 35.6. The third-order valence-corrected chi connectivity index (χ3v) is 5.10. The van der Waals surface area contributed by atoms with Crippen LogP contribution in [-0.2, 0) is 15.1 Å². The van der Waals surface area contributed by atoms with Crippen molar-refractivity contribution in [1.82, 2.24) is 10.2 Å². The van der Waals surface area contributed by atoms with Crippen LogP contribution in [0.2, 0.25) is 0 Å². The van der Waals surface area contributed by atoms with Crippen LogP contribution in [0.15, 0.2) is 24.3 Å². The van der Waals surface area contributed by atoms with Gasteiger partial charge in [-0.3, -0.25) is 4.79 Å². The molecule has 0 bridgehead atoms. The van der Waals surface area contributed by atoms with Gasteiger partial charge in [0.25, 0.3) is 0 Å². The molecule has 0 aliphatic carbocycles. The van der Waals surface area contributed by atoms with E-state index in [2.05, 4.69) is 10.2 Å². The highest BCUT2D eigenvalue weighted by molar-refractivity contribution is 7.12. The fraction of sp³-hybridized carbons (Fsp3) is 0.357. The number of hydrogen-bond acceptors (Lipinski definition) is 4. The van der Waals surface area contributed by atoms with Crippen molar-refractivity contribution in [3.05, 3.63) is 39.8 Å². The van der Waals surface area contributed by atoms with E-state index in [-0.39, 0.29) is 17.5 Å². The van der Waals surface area contributed by atoms with E-state index >= 15 is 0 Å².